The van der Waals surface area contributed by atoms with E-state index in [0.29, 0.717) is 19.3 Å². The largest absolute Gasteiger partial charge is 0.462 e. The molecule has 0 fully saturated rings. The second-order valence-electron chi connectivity index (χ2n) is 18.5. The number of rotatable bonds is 50. The van der Waals surface area contributed by atoms with Gasteiger partial charge in [0.05, 0.1) is 0 Å². The maximum absolute atomic E-state index is 12.9. The maximum Gasteiger partial charge on any atom is 0.306 e. The molecule has 1 atom stereocenters. The molecule has 0 aromatic heterocycles. The molecule has 0 spiro atoms. The molecule has 0 bridgehead atoms. The van der Waals surface area contributed by atoms with E-state index >= 15 is 0 Å². The van der Waals surface area contributed by atoms with Crippen LogP contribution < -0.4 is 0 Å². The Morgan fingerprint density at radius 1 is 0.309 bits per heavy atom. The van der Waals surface area contributed by atoms with E-state index in [1.54, 1.807) is 0 Å². The van der Waals surface area contributed by atoms with Crippen molar-refractivity contribution in [3.63, 3.8) is 0 Å². The van der Waals surface area contributed by atoms with Gasteiger partial charge in [-0.3, -0.25) is 14.4 Å². The average Bonchev–Trinajstić information content (AvgIpc) is 3.34. The van der Waals surface area contributed by atoms with E-state index in [2.05, 4.69) is 118 Å². The van der Waals surface area contributed by atoms with Crippen molar-refractivity contribution < 1.29 is 28.6 Å². The summed E-state index contributed by atoms with van der Waals surface area (Å²) in [5.41, 5.74) is 0. The van der Waals surface area contributed by atoms with Crippen LogP contribution in [0.1, 0.15) is 258 Å². The Balaban J connectivity index is 4.44. The van der Waals surface area contributed by atoms with Crippen LogP contribution >= 0.6 is 0 Å². The van der Waals surface area contributed by atoms with Crippen LogP contribution in [0.4, 0.5) is 0 Å². The van der Waals surface area contributed by atoms with Crippen LogP contribution in [0.3, 0.4) is 0 Å². The molecular weight excluding hydrogens is 841 g/mol. The van der Waals surface area contributed by atoms with Gasteiger partial charge in [-0.15, -0.1) is 0 Å². The highest BCUT2D eigenvalue weighted by atomic mass is 16.6. The van der Waals surface area contributed by atoms with Crippen molar-refractivity contribution in [3.8, 4) is 0 Å². The van der Waals surface area contributed by atoms with E-state index < -0.39 is 6.10 Å². The zero-order chi connectivity index (χ0) is 49.3. The number of ether oxygens (including phenoxy) is 3. The summed E-state index contributed by atoms with van der Waals surface area (Å²) < 4.78 is 16.8. The van der Waals surface area contributed by atoms with E-state index in [4.69, 9.17) is 14.2 Å². The lowest BCUT2D eigenvalue weighted by molar-refractivity contribution is -0.167. The lowest BCUT2D eigenvalue weighted by Crippen LogP contribution is -2.30. The molecule has 0 aliphatic carbocycles. The minimum absolute atomic E-state index is 0.0947. The van der Waals surface area contributed by atoms with Gasteiger partial charge >= 0.3 is 17.9 Å². The quantitative estimate of drug-likeness (QED) is 0.0262. The fourth-order valence-electron chi connectivity index (χ4n) is 7.55. The number of hydrogen-bond acceptors (Lipinski definition) is 6. The summed E-state index contributed by atoms with van der Waals surface area (Å²) >= 11 is 0. The summed E-state index contributed by atoms with van der Waals surface area (Å²) in [6.07, 6.45) is 73.9. The van der Waals surface area contributed by atoms with Gasteiger partial charge in [-0.1, -0.05) is 214 Å². The van der Waals surface area contributed by atoms with Gasteiger partial charge in [0.25, 0.3) is 0 Å². The number of hydrogen-bond donors (Lipinski definition) is 0. The van der Waals surface area contributed by atoms with Gasteiger partial charge in [0, 0.05) is 19.3 Å². The standard InChI is InChI=1S/C62H104O6/c1-4-7-10-13-16-19-22-25-27-29-31-33-35-37-40-43-46-49-52-55-61(64)67-58-59(57-66-60(63)54-51-48-45-42-39-24-21-18-15-12-9-6-3)68-62(65)56-53-50-47-44-41-38-36-34-32-30-28-26-23-20-17-14-11-8-5-2/h7,10,16-21,25-28,31,33,37,40,59H,4-6,8-9,11-15,22-24,29-30,32,34-36,38-39,41-58H2,1-3H3/b10-7-,19-16-,20-17-,21-18-,27-25-,28-26-,33-31-,40-37-. The normalized spacial score (nSPS) is 12.8. The molecule has 0 rings (SSSR count). The number of carbonyl (C=O) groups excluding carboxylic acids is 3. The minimum atomic E-state index is -0.798. The SMILES string of the molecule is CC/C=C\C/C=C\C/C=C\C/C=C\C/C=C\CCCCCC(=O)OCC(COC(=O)CCCCCCC/C=C\CCCCC)OC(=O)CCCCCCCCCCC/C=C\C/C=C\CCCCC. The zero-order valence-electron chi connectivity index (χ0n) is 44.3. The first-order chi connectivity index (χ1) is 33.5. The van der Waals surface area contributed by atoms with E-state index in [1.807, 2.05) is 0 Å². The Bertz CT molecular complexity index is 1360. The molecular formula is C62H104O6. The molecule has 0 aliphatic rings. The van der Waals surface area contributed by atoms with Crippen LogP contribution in [0, 0.1) is 0 Å². The van der Waals surface area contributed by atoms with Crippen molar-refractivity contribution in [1.82, 2.24) is 0 Å². The molecule has 1 unspecified atom stereocenters. The highest BCUT2D eigenvalue weighted by molar-refractivity contribution is 5.71. The molecule has 0 amide bonds. The van der Waals surface area contributed by atoms with Gasteiger partial charge in [-0.2, -0.15) is 0 Å². The summed E-state index contributed by atoms with van der Waals surface area (Å²) in [7, 11) is 0. The first-order valence-electron chi connectivity index (χ1n) is 28.2. The Morgan fingerprint density at radius 3 is 0.926 bits per heavy atom. The van der Waals surface area contributed by atoms with Crippen molar-refractivity contribution in [3.05, 3.63) is 97.2 Å². The first kappa shape index (κ1) is 64.3. The summed E-state index contributed by atoms with van der Waals surface area (Å²) in [5, 5.41) is 0. The Kier molecular flexibility index (Phi) is 52.9. The molecule has 0 aromatic carbocycles. The van der Waals surface area contributed by atoms with Crippen LogP contribution in [0.25, 0.3) is 0 Å². The second kappa shape index (κ2) is 55.9. The lowest BCUT2D eigenvalue weighted by atomic mass is 10.1. The predicted octanol–water partition coefficient (Wildman–Crippen LogP) is 18.9. The van der Waals surface area contributed by atoms with E-state index in [1.165, 1.54) is 103 Å². The van der Waals surface area contributed by atoms with Crippen LogP contribution in [0.5, 0.6) is 0 Å². The lowest BCUT2D eigenvalue weighted by Gasteiger charge is -2.18. The number of carbonyl (C=O) groups is 3. The third kappa shape index (κ3) is 53.3. The van der Waals surface area contributed by atoms with Crippen molar-refractivity contribution in [2.24, 2.45) is 0 Å². The number of allylic oxidation sites excluding steroid dienone is 16. The number of unbranched alkanes of at least 4 members (excludes halogenated alkanes) is 23. The molecule has 0 saturated heterocycles. The van der Waals surface area contributed by atoms with Crippen LogP contribution in [0.15, 0.2) is 97.2 Å². The molecule has 0 aliphatic heterocycles. The smallest absolute Gasteiger partial charge is 0.306 e. The third-order valence-electron chi connectivity index (χ3n) is 11.8. The topological polar surface area (TPSA) is 78.9 Å². The fourth-order valence-corrected chi connectivity index (χ4v) is 7.55. The van der Waals surface area contributed by atoms with Crippen LogP contribution in [-0.2, 0) is 28.6 Å². The Labute approximate surface area is 419 Å². The van der Waals surface area contributed by atoms with Gasteiger partial charge < -0.3 is 14.2 Å². The van der Waals surface area contributed by atoms with E-state index in [9.17, 15) is 14.4 Å². The molecule has 0 N–H and O–H groups in total. The van der Waals surface area contributed by atoms with Crippen molar-refractivity contribution in [1.29, 1.82) is 0 Å². The Morgan fingerprint density at radius 2 is 0.574 bits per heavy atom. The minimum Gasteiger partial charge on any atom is -0.462 e. The van der Waals surface area contributed by atoms with Gasteiger partial charge in [0.15, 0.2) is 6.10 Å². The molecule has 388 valence electrons. The highest BCUT2D eigenvalue weighted by Crippen LogP contribution is 2.14. The van der Waals surface area contributed by atoms with Gasteiger partial charge in [0.2, 0.25) is 0 Å². The molecule has 0 aromatic rings. The predicted molar refractivity (Wildman–Crippen MR) is 293 cm³/mol. The molecule has 0 radical (unpaired) electrons. The van der Waals surface area contributed by atoms with Gasteiger partial charge in [0.1, 0.15) is 13.2 Å². The first-order valence-corrected chi connectivity index (χ1v) is 28.2. The summed E-state index contributed by atoms with van der Waals surface area (Å²) in [4.78, 5) is 38.1. The fraction of sp³-hybridized carbons (Fsp3) is 0.694. The highest BCUT2D eigenvalue weighted by Gasteiger charge is 2.19. The molecule has 0 saturated carbocycles. The van der Waals surface area contributed by atoms with Crippen LogP contribution in [-0.4, -0.2) is 37.2 Å². The maximum atomic E-state index is 12.9. The molecule has 68 heavy (non-hydrogen) atoms. The summed E-state index contributed by atoms with van der Waals surface area (Å²) in [6, 6.07) is 0. The molecule has 6 heteroatoms. The van der Waals surface area contributed by atoms with Crippen molar-refractivity contribution >= 4 is 17.9 Å². The van der Waals surface area contributed by atoms with Crippen molar-refractivity contribution in [2.75, 3.05) is 13.2 Å². The monoisotopic (exact) mass is 945 g/mol. The van der Waals surface area contributed by atoms with Gasteiger partial charge in [-0.05, 0) is 122 Å². The summed E-state index contributed by atoms with van der Waals surface area (Å²) in [5.74, 6) is -0.939. The average molecular weight is 946 g/mol. The van der Waals surface area contributed by atoms with Crippen LogP contribution in [0.2, 0.25) is 0 Å². The molecule has 0 heterocycles. The van der Waals surface area contributed by atoms with Gasteiger partial charge in [-0.25, -0.2) is 0 Å². The molecule has 6 nitrogen and oxygen atoms in total. The zero-order valence-corrected chi connectivity index (χ0v) is 44.3. The van der Waals surface area contributed by atoms with Crippen molar-refractivity contribution in [2.45, 2.75) is 264 Å². The van der Waals surface area contributed by atoms with E-state index in [-0.39, 0.29) is 31.1 Å². The summed E-state index contributed by atoms with van der Waals surface area (Å²) in [6.45, 7) is 6.44. The van der Waals surface area contributed by atoms with E-state index in [0.717, 1.165) is 116 Å². The Hall–Kier alpha value is -3.67. The number of esters is 3. The third-order valence-corrected chi connectivity index (χ3v) is 11.8. The second-order valence-corrected chi connectivity index (χ2v) is 18.5.